The molecule has 32 heavy (non-hydrogen) atoms. The molecule has 0 saturated carbocycles. The van der Waals surface area contributed by atoms with Crippen LogP contribution in [-0.2, 0) is 21.5 Å². The van der Waals surface area contributed by atoms with Gasteiger partial charge in [-0.3, -0.25) is 9.59 Å². The molecule has 0 atom stereocenters. The fourth-order valence-electron chi connectivity index (χ4n) is 3.57. The number of alkyl halides is 3. The fraction of sp³-hybridized carbons (Fsp3) is 0.167. The number of imide groups is 1. The van der Waals surface area contributed by atoms with Gasteiger partial charge in [-0.2, -0.15) is 13.2 Å². The number of benzene rings is 2. The molecule has 4 nitrogen and oxygen atoms in total. The number of carbonyl (C=O) groups is 2. The summed E-state index contributed by atoms with van der Waals surface area (Å²) >= 11 is 1.13. The zero-order valence-electron chi connectivity index (χ0n) is 17.2. The number of amides is 2. The van der Waals surface area contributed by atoms with Crippen LogP contribution in [0, 0.1) is 13.8 Å². The van der Waals surface area contributed by atoms with E-state index in [0.717, 1.165) is 39.9 Å². The molecule has 2 heterocycles. The minimum absolute atomic E-state index is 0.120. The summed E-state index contributed by atoms with van der Waals surface area (Å²) in [5, 5.41) is 0. The Balaban J connectivity index is 1.79. The molecule has 0 spiro atoms. The lowest BCUT2D eigenvalue weighted by molar-refractivity contribution is -0.137. The minimum Gasteiger partial charge on any atom is -0.468 e. The molecule has 0 bridgehead atoms. The van der Waals surface area contributed by atoms with Crippen LogP contribution in [0.3, 0.4) is 0 Å². The second-order valence-electron chi connectivity index (χ2n) is 7.38. The van der Waals surface area contributed by atoms with Gasteiger partial charge in [0.1, 0.15) is 5.76 Å². The SMILES string of the molecule is Cc1ccc(C2=C(SCc3ccco3)C(=O)N(c3cccc(C(F)(F)F)c3)C2=O)c(C)c1. The quantitative estimate of drug-likeness (QED) is 0.432. The van der Waals surface area contributed by atoms with E-state index in [9.17, 15) is 22.8 Å². The molecule has 164 valence electrons. The summed E-state index contributed by atoms with van der Waals surface area (Å²) < 4.78 is 45.0. The van der Waals surface area contributed by atoms with Gasteiger partial charge in [-0.1, -0.05) is 29.8 Å². The Morgan fingerprint density at radius 1 is 0.969 bits per heavy atom. The van der Waals surface area contributed by atoms with Crippen LogP contribution in [0.2, 0.25) is 0 Å². The van der Waals surface area contributed by atoms with Crippen LogP contribution in [0.1, 0.15) is 28.0 Å². The van der Waals surface area contributed by atoms with Gasteiger partial charge in [0.05, 0.1) is 33.7 Å². The van der Waals surface area contributed by atoms with Gasteiger partial charge in [-0.25, -0.2) is 4.90 Å². The maximum absolute atomic E-state index is 13.4. The highest BCUT2D eigenvalue weighted by molar-refractivity contribution is 8.03. The smallest absolute Gasteiger partial charge is 0.416 e. The molecular weight excluding hydrogens is 439 g/mol. The van der Waals surface area contributed by atoms with Gasteiger partial charge in [0.15, 0.2) is 0 Å². The summed E-state index contributed by atoms with van der Waals surface area (Å²) in [6.45, 7) is 3.74. The highest BCUT2D eigenvalue weighted by atomic mass is 32.2. The predicted molar refractivity (Wildman–Crippen MR) is 117 cm³/mol. The number of carbonyl (C=O) groups excluding carboxylic acids is 2. The monoisotopic (exact) mass is 457 g/mol. The molecule has 0 radical (unpaired) electrons. The van der Waals surface area contributed by atoms with Crippen LogP contribution in [0.4, 0.5) is 18.9 Å². The van der Waals surface area contributed by atoms with E-state index in [1.54, 1.807) is 18.2 Å². The zero-order valence-corrected chi connectivity index (χ0v) is 18.0. The van der Waals surface area contributed by atoms with E-state index in [1.807, 2.05) is 26.0 Å². The summed E-state index contributed by atoms with van der Waals surface area (Å²) in [5.41, 5.74) is 1.49. The van der Waals surface area contributed by atoms with Crippen molar-refractivity contribution in [2.75, 3.05) is 4.90 Å². The number of hydrogen-bond acceptors (Lipinski definition) is 4. The summed E-state index contributed by atoms with van der Waals surface area (Å²) in [7, 11) is 0. The Kier molecular flexibility index (Phi) is 5.73. The number of anilines is 1. The van der Waals surface area contributed by atoms with Gasteiger partial charge in [0.2, 0.25) is 0 Å². The van der Waals surface area contributed by atoms with E-state index in [-0.39, 0.29) is 16.2 Å². The van der Waals surface area contributed by atoms with Crippen molar-refractivity contribution in [1.82, 2.24) is 0 Å². The van der Waals surface area contributed by atoms with Crippen LogP contribution >= 0.6 is 11.8 Å². The lowest BCUT2D eigenvalue weighted by atomic mass is 9.98. The number of halogens is 3. The highest BCUT2D eigenvalue weighted by Gasteiger charge is 2.41. The number of aryl methyl sites for hydroxylation is 2. The molecule has 8 heteroatoms. The third kappa shape index (κ3) is 4.10. The second kappa shape index (κ2) is 8.35. The summed E-state index contributed by atoms with van der Waals surface area (Å²) in [5.74, 6) is -0.393. The van der Waals surface area contributed by atoms with Crippen LogP contribution in [0.5, 0.6) is 0 Å². The van der Waals surface area contributed by atoms with Gasteiger partial charge in [-0.05, 0) is 55.3 Å². The third-order valence-corrected chi connectivity index (χ3v) is 6.16. The zero-order chi connectivity index (χ0) is 23.0. The molecule has 3 aromatic rings. The van der Waals surface area contributed by atoms with Crippen molar-refractivity contribution in [2.24, 2.45) is 0 Å². The molecule has 2 aromatic carbocycles. The van der Waals surface area contributed by atoms with Crippen molar-refractivity contribution in [2.45, 2.75) is 25.8 Å². The molecule has 0 saturated heterocycles. The number of rotatable bonds is 5. The maximum Gasteiger partial charge on any atom is 0.416 e. The van der Waals surface area contributed by atoms with Crippen molar-refractivity contribution in [3.63, 3.8) is 0 Å². The first-order chi connectivity index (χ1) is 15.2. The standard InChI is InChI=1S/C24H18F3NO3S/c1-14-8-9-19(15(2)11-14)20-21(32-13-18-7-4-10-31-18)23(30)28(22(20)29)17-6-3-5-16(12-17)24(25,26)27/h3-12H,13H2,1-2H3. The van der Waals surface area contributed by atoms with Crippen LogP contribution < -0.4 is 4.90 Å². The van der Waals surface area contributed by atoms with Gasteiger partial charge in [-0.15, -0.1) is 11.8 Å². The van der Waals surface area contributed by atoms with Crippen LogP contribution in [0.15, 0.2) is 70.2 Å². The first-order valence-electron chi connectivity index (χ1n) is 9.70. The highest BCUT2D eigenvalue weighted by Crippen LogP contribution is 2.41. The van der Waals surface area contributed by atoms with Crippen molar-refractivity contribution in [1.29, 1.82) is 0 Å². The summed E-state index contributed by atoms with van der Waals surface area (Å²) in [6, 6.07) is 13.2. The largest absolute Gasteiger partial charge is 0.468 e. The molecule has 1 aromatic heterocycles. The van der Waals surface area contributed by atoms with Crippen LogP contribution in [-0.4, -0.2) is 11.8 Å². The minimum atomic E-state index is -4.59. The van der Waals surface area contributed by atoms with Gasteiger partial charge >= 0.3 is 6.18 Å². The summed E-state index contributed by atoms with van der Waals surface area (Å²) in [6.07, 6.45) is -3.09. The second-order valence-corrected chi connectivity index (χ2v) is 8.37. The Bertz CT molecular complexity index is 1230. The Labute approximate surface area is 186 Å². The van der Waals surface area contributed by atoms with E-state index in [1.165, 1.54) is 18.4 Å². The lowest BCUT2D eigenvalue weighted by Gasteiger charge is -2.17. The number of hydrogen-bond donors (Lipinski definition) is 0. The fourth-order valence-corrected chi connectivity index (χ4v) is 4.58. The molecule has 0 unspecified atom stereocenters. The molecular formula is C24H18F3NO3S. The Morgan fingerprint density at radius 3 is 2.41 bits per heavy atom. The number of furan rings is 1. The van der Waals surface area contributed by atoms with Gasteiger partial charge in [0, 0.05) is 0 Å². The van der Waals surface area contributed by atoms with E-state index >= 15 is 0 Å². The number of thioether (sulfide) groups is 1. The van der Waals surface area contributed by atoms with Gasteiger partial charge < -0.3 is 4.42 Å². The topological polar surface area (TPSA) is 50.5 Å². The molecule has 1 aliphatic heterocycles. The van der Waals surface area contributed by atoms with E-state index < -0.39 is 23.6 Å². The first kappa shape index (κ1) is 22.0. The Hall–Kier alpha value is -3.26. The first-order valence-corrected chi connectivity index (χ1v) is 10.7. The molecule has 1 aliphatic rings. The van der Waals surface area contributed by atoms with Crippen LogP contribution in [0.25, 0.3) is 5.57 Å². The molecule has 4 rings (SSSR count). The van der Waals surface area contributed by atoms with Crippen molar-refractivity contribution in [3.05, 3.63) is 93.8 Å². The van der Waals surface area contributed by atoms with E-state index in [0.29, 0.717) is 17.1 Å². The predicted octanol–water partition coefficient (Wildman–Crippen LogP) is 6.13. The summed E-state index contributed by atoms with van der Waals surface area (Å²) in [4.78, 5) is 27.7. The lowest BCUT2D eigenvalue weighted by Crippen LogP contribution is -2.31. The third-order valence-electron chi connectivity index (χ3n) is 5.06. The molecule has 0 fully saturated rings. The van der Waals surface area contributed by atoms with Crippen molar-refractivity contribution < 1.29 is 27.2 Å². The maximum atomic E-state index is 13.4. The normalized spacial score (nSPS) is 14.6. The van der Waals surface area contributed by atoms with Crippen molar-refractivity contribution >= 4 is 34.8 Å². The average Bonchev–Trinajstić information content (AvgIpc) is 3.32. The molecule has 0 N–H and O–H groups in total. The van der Waals surface area contributed by atoms with Gasteiger partial charge in [0.25, 0.3) is 11.8 Å². The number of nitrogens with zero attached hydrogens (tertiary/aromatic N) is 1. The molecule has 0 aliphatic carbocycles. The van der Waals surface area contributed by atoms with E-state index in [2.05, 4.69) is 0 Å². The Morgan fingerprint density at radius 2 is 1.75 bits per heavy atom. The van der Waals surface area contributed by atoms with Crippen molar-refractivity contribution in [3.8, 4) is 0 Å². The van der Waals surface area contributed by atoms with E-state index in [4.69, 9.17) is 4.42 Å². The molecule has 2 amide bonds. The average molecular weight is 457 g/mol.